The van der Waals surface area contributed by atoms with Gasteiger partial charge in [-0.2, -0.15) is 0 Å². The average Bonchev–Trinajstić information content (AvgIpc) is 3.35. The van der Waals surface area contributed by atoms with Crippen LogP contribution in [0.1, 0.15) is 35.0 Å². The predicted molar refractivity (Wildman–Crippen MR) is 159 cm³/mol. The van der Waals surface area contributed by atoms with E-state index < -0.39 is 18.2 Å². The Bertz CT molecular complexity index is 1850. The summed E-state index contributed by atoms with van der Waals surface area (Å²) >= 11 is 1.10. The molecule has 3 aromatic heterocycles. The highest BCUT2D eigenvalue weighted by Crippen LogP contribution is 2.49. The molecule has 212 valence electrons. The summed E-state index contributed by atoms with van der Waals surface area (Å²) in [6, 6.07) is 13.0. The van der Waals surface area contributed by atoms with Gasteiger partial charge < -0.3 is 21.5 Å². The molecular weight excluding hydrogens is 562 g/mol. The van der Waals surface area contributed by atoms with E-state index in [0.717, 1.165) is 17.0 Å². The zero-order valence-corrected chi connectivity index (χ0v) is 23.2. The molecule has 0 aliphatic heterocycles. The van der Waals surface area contributed by atoms with Gasteiger partial charge in [-0.15, -0.1) is 11.3 Å². The topological polar surface area (TPSA) is 146 Å². The number of fused-ring (bicyclic) bond motifs is 1. The van der Waals surface area contributed by atoms with E-state index in [-0.39, 0.29) is 34.2 Å². The molecule has 0 radical (unpaired) electrons. The van der Waals surface area contributed by atoms with Crippen molar-refractivity contribution < 1.29 is 23.1 Å². The fraction of sp³-hybridized carbons (Fsp3) is 0.100. The van der Waals surface area contributed by atoms with E-state index in [2.05, 4.69) is 20.3 Å². The minimum absolute atomic E-state index is 0.106. The molecule has 2 amide bonds. The van der Waals surface area contributed by atoms with E-state index >= 15 is 0 Å². The van der Waals surface area contributed by atoms with Crippen LogP contribution in [0.15, 0.2) is 73.1 Å². The molecule has 0 aliphatic rings. The quantitative estimate of drug-likeness (QED) is 0.172. The van der Waals surface area contributed by atoms with Crippen molar-refractivity contribution in [3.8, 4) is 33.3 Å². The SMILES string of the molecule is CC=CC(=O)Nc1ccc(-c2sc3c(C(N)=O)cnc(N)c3c2-c2ccc(Oc3nccc(C)n3)cc2)c(C(F)F)c1. The average molecular weight is 587 g/mol. The Kier molecular flexibility index (Phi) is 7.89. The van der Waals surface area contributed by atoms with Crippen LogP contribution in [0.5, 0.6) is 11.8 Å². The number of halogens is 2. The predicted octanol–water partition coefficient (Wildman–Crippen LogP) is 6.65. The summed E-state index contributed by atoms with van der Waals surface area (Å²) in [6.07, 6.45) is 2.81. The van der Waals surface area contributed by atoms with Gasteiger partial charge in [-0.3, -0.25) is 9.59 Å². The lowest BCUT2D eigenvalue weighted by atomic mass is 9.95. The number of ether oxygens (including phenoxy) is 1. The number of thiophene rings is 1. The molecule has 2 aromatic carbocycles. The number of primary amides is 1. The lowest BCUT2D eigenvalue weighted by Gasteiger charge is -2.13. The van der Waals surface area contributed by atoms with Gasteiger partial charge in [0.25, 0.3) is 12.3 Å². The molecule has 42 heavy (non-hydrogen) atoms. The van der Waals surface area contributed by atoms with Gasteiger partial charge in [0.2, 0.25) is 5.91 Å². The molecule has 0 bridgehead atoms. The Balaban J connectivity index is 1.69. The lowest BCUT2D eigenvalue weighted by molar-refractivity contribution is -0.111. The van der Waals surface area contributed by atoms with Crippen LogP contribution in [0.3, 0.4) is 0 Å². The standard InChI is InChI=1S/C30H24F2N6O3S/c1-3-4-22(39)38-17-7-10-19(20(13-17)27(31)32)25-23(24-26(42-25)21(29(34)40)14-36-28(24)33)16-5-8-18(9-6-16)41-30-35-12-11-15(2)37-30/h3-14,27H,1-2H3,(H2,33,36)(H2,34,40)(H,38,39). The van der Waals surface area contributed by atoms with Crippen LogP contribution in [-0.2, 0) is 4.79 Å². The van der Waals surface area contributed by atoms with E-state index in [0.29, 0.717) is 31.8 Å². The normalized spacial score (nSPS) is 11.4. The number of nitrogens with zero attached hydrogens (tertiary/aromatic N) is 3. The number of nitrogen functional groups attached to an aromatic ring is 1. The van der Waals surface area contributed by atoms with Crippen LogP contribution in [0, 0.1) is 6.92 Å². The molecule has 0 atom stereocenters. The van der Waals surface area contributed by atoms with Crippen molar-refractivity contribution in [2.24, 2.45) is 5.73 Å². The van der Waals surface area contributed by atoms with Crippen molar-refractivity contribution in [2.45, 2.75) is 20.3 Å². The second-order valence-electron chi connectivity index (χ2n) is 9.13. The number of hydrogen-bond donors (Lipinski definition) is 3. The number of anilines is 2. The number of pyridine rings is 1. The summed E-state index contributed by atoms with van der Waals surface area (Å²) in [5, 5.41) is 2.99. The summed E-state index contributed by atoms with van der Waals surface area (Å²) in [4.78, 5) is 37.2. The van der Waals surface area contributed by atoms with Crippen LogP contribution in [-0.4, -0.2) is 26.8 Å². The number of aromatic nitrogens is 3. The first kappa shape index (κ1) is 28.3. The monoisotopic (exact) mass is 586 g/mol. The van der Waals surface area contributed by atoms with Gasteiger partial charge in [0, 0.05) is 50.7 Å². The number of alkyl halides is 2. The second kappa shape index (κ2) is 11.7. The zero-order chi connectivity index (χ0) is 30.0. The fourth-order valence-electron chi connectivity index (χ4n) is 4.40. The number of hydrogen-bond acceptors (Lipinski definition) is 8. The number of carbonyl (C=O) groups excluding carboxylic acids is 2. The lowest BCUT2D eigenvalue weighted by Crippen LogP contribution is -2.11. The van der Waals surface area contributed by atoms with Gasteiger partial charge in [-0.05, 0) is 55.8 Å². The molecule has 0 unspecified atom stereocenters. The molecule has 0 spiro atoms. The molecule has 3 heterocycles. The summed E-state index contributed by atoms with van der Waals surface area (Å²) < 4.78 is 35.1. The van der Waals surface area contributed by atoms with E-state index in [9.17, 15) is 18.4 Å². The molecule has 5 rings (SSSR count). The molecule has 0 fully saturated rings. The first-order chi connectivity index (χ1) is 20.2. The molecular formula is C30H24F2N6O3S. The van der Waals surface area contributed by atoms with E-state index in [4.69, 9.17) is 16.2 Å². The van der Waals surface area contributed by atoms with Crippen LogP contribution in [0.2, 0.25) is 0 Å². The number of nitrogens with one attached hydrogen (secondary N) is 1. The van der Waals surface area contributed by atoms with Gasteiger partial charge in [0.05, 0.1) is 10.3 Å². The summed E-state index contributed by atoms with van der Waals surface area (Å²) in [5.74, 6) is -0.625. The third kappa shape index (κ3) is 5.65. The van der Waals surface area contributed by atoms with Crippen LogP contribution in [0.25, 0.3) is 31.7 Å². The van der Waals surface area contributed by atoms with Crippen molar-refractivity contribution in [3.63, 3.8) is 0 Å². The molecule has 5 N–H and O–H groups in total. The number of rotatable bonds is 8. The maximum atomic E-state index is 14.5. The largest absolute Gasteiger partial charge is 0.424 e. The molecule has 0 saturated heterocycles. The number of amides is 2. The van der Waals surface area contributed by atoms with Crippen molar-refractivity contribution in [1.29, 1.82) is 0 Å². The van der Waals surface area contributed by atoms with E-state index in [1.165, 1.54) is 30.5 Å². The van der Waals surface area contributed by atoms with Crippen LogP contribution < -0.4 is 21.5 Å². The summed E-state index contributed by atoms with van der Waals surface area (Å²) in [7, 11) is 0. The first-order valence-corrected chi connectivity index (χ1v) is 13.4. The van der Waals surface area contributed by atoms with Crippen molar-refractivity contribution >= 4 is 44.7 Å². The van der Waals surface area contributed by atoms with Crippen molar-refractivity contribution in [1.82, 2.24) is 15.0 Å². The zero-order valence-electron chi connectivity index (χ0n) is 22.4. The molecule has 9 nitrogen and oxygen atoms in total. The minimum Gasteiger partial charge on any atom is -0.424 e. The smallest absolute Gasteiger partial charge is 0.322 e. The van der Waals surface area contributed by atoms with Gasteiger partial charge in [-0.25, -0.2) is 23.7 Å². The highest BCUT2D eigenvalue weighted by atomic mass is 32.1. The van der Waals surface area contributed by atoms with Gasteiger partial charge >= 0.3 is 6.01 Å². The highest BCUT2D eigenvalue weighted by Gasteiger charge is 2.26. The Morgan fingerprint density at radius 1 is 1.10 bits per heavy atom. The van der Waals surface area contributed by atoms with Crippen LogP contribution in [0.4, 0.5) is 20.3 Å². The Morgan fingerprint density at radius 3 is 2.52 bits per heavy atom. The molecule has 5 aromatic rings. The van der Waals surface area contributed by atoms with Gasteiger partial charge in [0.15, 0.2) is 0 Å². The number of nitrogens with two attached hydrogens (primary N) is 2. The third-order valence-corrected chi connectivity index (χ3v) is 7.51. The molecule has 0 aliphatic carbocycles. The van der Waals surface area contributed by atoms with E-state index in [1.807, 2.05) is 6.92 Å². The molecule has 12 heteroatoms. The summed E-state index contributed by atoms with van der Waals surface area (Å²) in [5.41, 5.74) is 14.0. The third-order valence-electron chi connectivity index (χ3n) is 6.25. The molecule has 0 saturated carbocycles. The van der Waals surface area contributed by atoms with Crippen molar-refractivity contribution in [2.75, 3.05) is 11.1 Å². The Morgan fingerprint density at radius 2 is 1.86 bits per heavy atom. The van der Waals surface area contributed by atoms with Gasteiger partial charge in [-0.1, -0.05) is 24.3 Å². The van der Waals surface area contributed by atoms with Crippen LogP contribution >= 0.6 is 11.3 Å². The first-order valence-electron chi connectivity index (χ1n) is 12.6. The number of benzene rings is 2. The maximum Gasteiger partial charge on any atom is 0.322 e. The second-order valence-corrected chi connectivity index (χ2v) is 10.2. The highest BCUT2D eigenvalue weighted by molar-refractivity contribution is 7.23. The fourth-order valence-corrected chi connectivity index (χ4v) is 5.79. The maximum absolute atomic E-state index is 14.5. The Labute approximate surface area is 242 Å². The number of carbonyl (C=O) groups is 2. The number of allylic oxidation sites excluding steroid dienone is 1. The van der Waals surface area contributed by atoms with Gasteiger partial charge in [0.1, 0.15) is 11.6 Å². The number of aryl methyl sites for hydroxylation is 1. The minimum atomic E-state index is -2.88. The van der Waals surface area contributed by atoms with Crippen molar-refractivity contribution in [3.05, 3.63) is 89.9 Å². The Hall–Kier alpha value is -5.23. The van der Waals surface area contributed by atoms with E-state index in [1.54, 1.807) is 49.5 Å². The summed E-state index contributed by atoms with van der Waals surface area (Å²) in [6.45, 7) is 3.49.